The second-order valence-electron chi connectivity index (χ2n) is 6.11. The molecular formula is C18H18Cl2N4O2. The molecule has 6 nitrogen and oxygen atoms in total. The number of primary amides is 1. The van der Waals surface area contributed by atoms with Crippen molar-refractivity contribution in [1.29, 1.82) is 0 Å². The van der Waals surface area contributed by atoms with Gasteiger partial charge in [0.05, 0.1) is 16.9 Å². The molecule has 2 heterocycles. The first kappa shape index (κ1) is 18.5. The van der Waals surface area contributed by atoms with E-state index < -0.39 is 0 Å². The molecule has 1 saturated heterocycles. The van der Waals surface area contributed by atoms with Gasteiger partial charge in [0, 0.05) is 19.0 Å². The molecule has 0 radical (unpaired) electrons. The lowest BCUT2D eigenvalue weighted by Gasteiger charge is -2.33. The topological polar surface area (TPSA) is 88.3 Å². The summed E-state index contributed by atoms with van der Waals surface area (Å²) in [7, 11) is 0. The number of carbonyl (C=O) groups excluding carboxylic acids is 2. The van der Waals surface area contributed by atoms with Gasteiger partial charge in [0.15, 0.2) is 0 Å². The molecule has 0 atom stereocenters. The SMILES string of the molecule is NC(=O)C1CCN(c2ccccc2NC(=O)c2ccc(Cl)nc2Cl)CC1. The van der Waals surface area contributed by atoms with Gasteiger partial charge >= 0.3 is 0 Å². The second-order valence-corrected chi connectivity index (χ2v) is 6.85. The van der Waals surface area contributed by atoms with Gasteiger partial charge < -0.3 is 16.0 Å². The monoisotopic (exact) mass is 392 g/mol. The van der Waals surface area contributed by atoms with Gasteiger partial charge in [-0.1, -0.05) is 35.3 Å². The Morgan fingerprint density at radius 2 is 1.81 bits per heavy atom. The van der Waals surface area contributed by atoms with E-state index in [1.165, 1.54) is 12.1 Å². The number of benzene rings is 1. The third kappa shape index (κ3) is 4.08. The summed E-state index contributed by atoms with van der Waals surface area (Å²) >= 11 is 11.8. The first-order valence-corrected chi connectivity index (χ1v) is 8.98. The summed E-state index contributed by atoms with van der Waals surface area (Å²) < 4.78 is 0. The second kappa shape index (κ2) is 7.93. The minimum atomic E-state index is -0.362. The van der Waals surface area contributed by atoms with Crippen LogP contribution in [0.3, 0.4) is 0 Å². The molecule has 8 heteroatoms. The van der Waals surface area contributed by atoms with Crippen molar-refractivity contribution in [3.05, 3.63) is 52.3 Å². The fourth-order valence-corrected chi connectivity index (χ4v) is 3.46. The van der Waals surface area contributed by atoms with E-state index >= 15 is 0 Å². The van der Waals surface area contributed by atoms with Crippen molar-refractivity contribution in [3.8, 4) is 0 Å². The number of halogens is 2. The Bertz CT molecular complexity index is 836. The van der Waals surface area contributed by atoms with Gasteiger partial charge in [0.2, 0.25) is 5.91 Å². The van der Waals surface area contributed by atoms with Crippen LogP contribution >= 0.6 is 23.2 Å². The molecule has 0 bridgehead atoms. The van der Waals surface area contributed by atoms with Crippen molar-refractivity contribution in [2.24, 2.45) is 11.7 Å². The van der Waals surface area contributed by atoms with E-state index in [0.29, 0.717) is 31.6 Å². The van der Waals surface area contributed by atoms with Gasteiger partial charge in [-0.2, -0.15) is 0 Å². The van der Waals surface area contributed by atoms with Crippen molar-refractivity contribution >= 4 is 46.4 Å². The van der Waals surface area contributed by atoms with Crippen molar-refractivity contribution in [2.45, 2.75) is 12.8 Å². The average Bonchev–Trinajstić information content (AvgIpc) is 2.62. The van der Waals surface area contributed by atoms with E-state index in [9.17, 15) is 9.59 Å². The minimum absolute atomic E-state index is 0.0507. The van der Waals surface area contributed by atoms with E-state index in [4.69, 9.17) is 28.9 Å². The van der Waals surface area contributed by atoms with Crippen molar-refractivity contribution in [3.63, 3.8) is 0 Å². The number of hydrogen-bond donors (Lipinski definition) is 2. The number of rotatable bonds is 4. The highest BCUT2D eigenvalue weighted by Gasteiger charge is 2.25. The lowest BCUT2D eigenvalue weighted by molar-refractivity contribution is -0.122. The first-order valence-electron chi connectivity index (χ1n) is 8.22. The van der Waals surface area contributed by atoms with E-state index in [1.54, 1.807) is 0 Å². The zero-order chi connectivity index (χ0) is 18.7. The van der Waals surface area contributed by atoms with Gasteiger partial charge in [0.25, 0.3) is 5.91 Å². The van der Waals surface area contributed by atoms with E-state index in [2.05, 4.69) is 15.2 Å². The molecule has 1 aromatic carbocycles. The van der Waals surface area contributed by atoms with Gasteiger partial charge in [-0.3, -0.25) is 9.59 Å². The Morgan fingerprint density at radius 3 is 2.46 bits per heavy atom. The molecule has 1 aliphatic heterocycles. The molecule has 3 N–H and O–H groups in total. The largest absolute Gasteiger partial charge is 0.370 e. The standard InChI is InChI=1S/C18H18Cl2N4O2/c19-15-6-5-12(16(20)23-15)18(26)22-13-3-1-2-4-14(13)24-9-7-11(8-10-24)17(21)25/h1-6,11H,7-10H2,(H2,21,25)(H,22,26). The summed E-state index contributed by atoms with van der Waals surface area (Å²) in [5.41, 5.74) is 7.20. The molecular weight excluding hydrogens is 375 g/mol. The van der Waals surface area contributed by atoms with Crippen LogP contribution in [0.4, 0.5) is 11.4 Å². The maximum absolute atomic E-state index is 12.6. The number of pyridine rings is 1. The lowest BCUT2D eigenvalue weighted by atomic mass is 9.96. The zero-order valence-corrected chi connectivity index (χ0v) is 15.4. The Balaban J connectivity index is 1.77. The molecule has 1 aliphatic rings. The minimum Gasteiger partial charge on any atom is -0.370 e. The quantitative estimate of drug-likeness (QED) is 0.780. The van der Waals surface area contributed by atoms with Crippen molar-refractivity contribution in [2.75, 3.05) is 23.3 Å². The number of anilines is 2. The van der Waals surface area contributed by atoms with Crippen LogP contribution in [0, 0.1) is 5.92 Å². The molecule has 1 aromatic heterocycles. The summed E-state index contributed by atoms with van der Waals surface area (Å²) in [6.07, 6.45) is 1.40. The molecule has 26 heavy (non-hydrogen) atoms. The highest BCUT2D eigenvalue weighted by atomic mass is 35.5. The summed E-state index contributed by atoms with van der Waals surface area (Å²) in [4.78, 5) is 29.9. The van der Waals surface area contributed by atoms with Gasteiger partial charge in [-0.05, 0) is 37.1 Å². The molecule has 136 valence electrons. The predicted octanol–water partition coefficient (Wildman–Crippen LogP) is 3.34. The number of piperidine rings is 1. The molecule has 0 saturated carbocycles. The fourth-order valence-electron chi connectivity index (χ4n) is 3.03. The van der Waals surface area contributed by atoms with E-state index in [0.717, 1.165) is 5.69 Å². The Morgan fingerprint density at radius 1 is 1.12 bits per heavy atom. The smallest absolute Gasteiger partial charge is 0.258 e. The molecule has 0 spiro atoms. The molecule has 2 amide bonds. The van der Waals surface area contributed by atoms with Crippen LogP contribution in [0.25, 0.3) is 0 Å². The molecule has 0 aliphatic carbocycles. The molecule has 0 unspecified atom stereocenters. The fraction of sp³-hybridized carbons (Fsp3) is 0.278. The van der Waals surface area contributed by atoms with E-state index in [1.807, 2.05) is 24.3 Å². The number of aromatic nitrogens is 1. The number of nitrogens with one attached hydrogen (secondary N) is 1. The average molecular weight is 393 g/mol. The third-order valence-electron chi connectivity index (χ3n) is 4.45. The van der Waals surface area contributed by atoms with Crippen LogP contribution in [0.5, 0.6) is 0 Å². The molecule has 2 aromatic rings. The molecule has 1 fully saturated rings. The number of nitrogens with zero attached hydrogens (tertiary/aromatic N) is 2. The number of nitrogens with two attached hydrogens (primary N) is 1. The van der Waals surface area contributed by atoms with E-state index in [-0.39, 0.29) is 33.6 Å². The van der Waals surface area contributed by atoms with Gasteiger partial charge in [0.1, 0.15) is 10.3 Å². The summed E-state index contributed by atoms with van der Waals surface area (Å²) in [6.45, 7) is 1.40. The Hall–Kier alpha value is -2.31. The Labute approximate surface area is 161 Å². The summed E-state index contributed by atoms with van der Waals surface area (Å²) in [5.74, 6) is -0.707. The first-order chi connectivity index (χ1) is 12.5. The number of hydrogen-bond acceptors (Lipinski definition) is 4. The van der Waals surface area contributed by atoms with Crippen LogP contribution in [-0.4, -0.2) is 29.9 Å². The van der Waals surface area contributed by atoms with Gasteiger partial charge in [-0.25, -0.2) is 4.98 Å². The van der Waals surface area contributed by atoms with Gasteiger partial charge in [-0.15, -0.1) is 0 Å². The van der Waals surface area contributed by atoms with Crippen LogP contribution in [0.1, 0.15) is 23.2 Å². The Kier molecular flexibility index (Phi) is 5.64. The number of para-hydroxylation sites is 2. The maximum Gasteiger partial charge on any atom is 0.258 e. The highest BCUT2D eigenvalue weighted by molar-refractivity contribution is 6.35. The lowest BCUT2D eigenvalue weighted by Crippen LogP contribution is -2.38. The normalized spacial score (nSPS) is 14.9. The van der Waals surface area contributed by atoms with Crippen LogP contribution in [0.2, 0.25) is 10.3 Å². The number of amides is 2. The van der Waals surface area contributed by atoms with Crippen LogP contribution in [0.15, 0.2) is 36.4 Å². The highest BCUT2D eigenvalue weighted by Crippen LogP contribution is 2.30. The van der Waals surface area contributed by atoms with Crippen LogP contribution < -0.4 is 16.0 Å². The van der Waals surface area contributed by atoms with Crippen LogP contribution in [-0.2, 0) is 4.79 Å². The predicted molar refractivity (Wildman–Crippen MR) is 103 cm³/mol. The summed E-state index contributed by atoms with van der Waals surface area (Å²) in [5, 5.41) is 3.16. The number of carbonyl (C=O) groups is 2. The maximum atomic E-state index is 12.6. The molecule has 3 rings (SSSR count). The third-order valence-corrected chi connectivity index (χ3v) is 4.95. The van der Waals surface area contributed by atoms with Crippen molar-refractivity contribution in [1.82, 2.24) is 4.98 Å². The van der Waals surface area contributed by atoms with Crippen molar-refractivity contribution < 1.29 is 9.59 Å². The summed E-state index contributed by atoms with van der Waals surface area (Å²) in [6, 6.07) is 10.6. The zero-order valence-electron chi connectivity index (χ0n) is 13.9.